The molecule has 0 spiro atoms. The van der Waals surface area contributed by atoms with E-state index in [1.165, 1.54) is 38.5 Å². The molecule has 1 rings (SSSR count). The minimum absolute atomic E-state index is 0.801. The Labute approximate surface area is 117 Å². The fourth-order valence-electron chi connectivity index (χ4n) is 2.11. The zero-order valence-corrected chi connectivity index (χ0v) is 12.4. The van der Waals surface area contributed by atoms with Crippen LogP contribution in [0.15, 0.2) is 18.2 Å². The lowest BCUT2D eigenvalue weighted by Crippen LogP contribution is -2.15. The van der Waals surface area contributed by atoms with Gasteiger partial charge in [0.25, 0.3) is 0 Å². The SMILES string of the molecule is CCCCCCCCNCc1ccc(OC)cc1N. The Morgan fingerprint density at radius 3 is 2.53 bits per heavy atom. The highest BCUT2D eigenvalue weighted by molar-refractivity contribution is 5.51. The van der Waals surface area contributed by atoms with E-state index in [1.54, 1.807) is 7.11 Å². The molecule has 3 heteroatoms. The molecule has 0 amide bonds. The van der Waals surface area contributed by atoms with Crippen molar-refractivity contribution in [3.63, 3.8) is 0 Å². The quantitative estimate of drug-likeness (QED) is 0.500. The van der Waals surface area contributed by atoms with Crippen molar-refractivity contribution in [3.05, 3.63) is 23.8 Å². The molecule has 0 radical (unpaired) electrons. The number of hydrogen-bond donors (Lipinski definition) is 2. The number of rotatable bonds is 10. The number of unbranched alkanes of at least 4 members (excludes halogenated alkanes) is 5. The third kappa shape index (κ3) is 6.48. The van der Waals surface area contributed by atoms with Crippen molar-refractivity contribution in [1.82, 2.24) is 5.32 Å². The van der Waals surface area contributed by atoms with Crippen molar-refractivity contribution < 1.29 is 4.74 Å². The molecule has 0 unspecified atom stereocenters. The van der Waals surface area contributed by atoms with E-state index in [-0.39, 0.29) is 0 Å². The summed E-state index contributed by atoms with van der Waals surface area (Å²) in [6.45, 7) is 4.16. The topological polar surface area (TPSA) is 47.3 Å². The number of nitrogens with one attached hydrogen (secondary N) is 1. The fraction of sp³-hybridized carbons (Fsp3) is 0.625. The number of ether oxygens (including phenoxy) is 1. The van der Waals surface area contributed by atoms with Crippen LogP contribution in [0.5, 0.6) is 5.75 Å². The van der Waals surface area contributed by atoms with Gasteiger partial charge in [-0.15, -0.1) is 0 Å². The van der Waals surface area contributed by atoms with E-state index >= 15 is 0 Å². The van der Waals surface area contributed by atoms with Gasteiger partial charge >= 0.3 is 0 Å². The molecule has 0 bridgehead atoms. The second kappa shape index (κ2) is 9.68. The highest BCUT2D eigenvalue weighted by Gasteiger charge is 2.00. The Balaban J connectivity index is 2.12. The molecule has 0 aliphatic heterocycles. The molecule has 0 aliphatic carbocycles. The van der Waals surface area contributed by atoms with E-state index in [2.05, 4.69) is 12.2 Å². The minimum Gasteiger partial charge on any atom is -0.497 e. The Morgan fingerprint density at radius 2 is 1.84 bits per heavy atom. The first-order valence-corrected chi connectivity index (χ1v) is 7.41. The van der Waals surface area contributed by atoms with Gasteiger partial charge in [0.15, 0.2) is 0 Å². The van der Waals surface area contributed by atoms with Crippen LogP contribution < -0.4 is 15.8 Å². The number of benzene rings is 1. The fourth-order valence-corrected chi connectivity index (χ4v) is 2.11. The van der Waals surface area contributed by atoms with E-state index in [0.29, 0.717) is 0 Å². The van der Waals surface area contributed by atoms with Gasteiger partial charge in [0.1, 0.15) is 5.75 Å². The molecule has 0 saturated carbocycles. The van der Waals surface area contributed by atoms with Gasteiger partial charge in [0.2, 0.25) is 0 Å². The van der Waals surface area contributed by atoms with Crippen molar-refractivity contribution in [2.75, 3.05) is 19.4 Å². The molecule has 1 aromatic carbocycles. The lowest BCUT2D eigenvalue weighted by atomic mass is 10.1. The molecule has 0 fully saturated rings. The second-order valence-electron chi connectivity index (χ2n) is 5.01. The van der Waals surface area contributed by atoms with Gasteiger partial charge in [-0.05, 0) is 24.6 Å². The normalized spacial score (nSPS) is 10.6. The van der Waals surface area contributed by atoms with Crippen LogP contribution in [0.3, 0.4) is 0 Å². The first-order valence-electron chi connectivity index (χ1n) is 7.41. The van der Waals surface area contributed by atoms with Crippen LogP contribution in [0.2, 0.25) is 0 Å². The van der Waals surface area contributed by atoms with Crippen LogP contribution in [-0.4, -0.2) is 13.7 Å². The standard InChI is InChI=1S/C16H28N2O/c1-3-4-5-6-7-8-11-18-13-14-9-10-15(19-2)12-16(14)17/h9-10,12,18H,3-8,11,13,17H2,1-2H3. The molecular weight excluding hydrogens is 236 g/mol. The Hall–Kier alpha value is -1.22. The third-order valence-corrected chi connectivity index (χ3v) is 3.38. The van der Waals surface area contributed by atoms with E-state index in [4.69, 9.17) is 10.5 Å². The molecule has 3 N–H and O–H groups in total. The maximum Gasteiger partial charge on any atom is 0.120 e. The Bertz CT molecular complexity index is 353. The third-order valence-electron chi connectivity index (χ3n) is 3.38. The van der Waals surface area contributed by atoms with Crippen molar-refractivity contribution in [2.24, 2.45) is 0 Å². The summed E-state index contributed by atoms with van der Waals surface area (Å²) in [4.78, 5) is 0. The number of hydrogen-bond acceptors (Lipinski definition) is 3. The summed E-state index contributed by atoms with van der Waals surface area (Å²) >= 11 is 0. The summed E-state index contributed by atoms with van der Waals surface area (Å²) in [6.07, 6.45) is 8.00. The predicted octanol–water partition coefficient (Wildman–Crippen LogP) is 3.73. The molecule has 0 aromatic heterocycles. The smallest absolute Gasteiger partial charge is 0.120 e. The number of methoxy groups -OCH3 is 1. The molecule has 0 saturated heterocycles. The molecule has 0 atom stereocenters. The molecule has 3 nitrogen and oxygen atoms in total. The summed E-state index contributed by atoms with van der Waals surface area (Å²) in [5.74, 6) is 0.817. The lowest BCUT2D eigenvalue weighted by Gasteiger charge is -2.09. The molecule has 108 valence electrons. The highest BCUT2D eigenvalue weighted by Crippen LogP contribution is 2.19. The zero-order valence-electron chi connectivity index (χ0n) is 12.4. The number of nitrogens with two attached hydrogens (primary N) is 1. The van der Waals surface area contributed by atoms with E-state index in [1.807, 2.05) is 18.2 Å². The summed E-state index contributed by atoms with van der Waals surface area (Å²) in [5, 5.41) is 3.45. The first-order chi connectivity index (χ1) is 9.27. The molecule has 1 aromatic rings. The summed E-state index contributed by atoms with van der Waals surface area (Å²) < 4.78 is 5.14. The summed E-state index contributed by atoms with van der Waals surface area (Å²) in [6, 6.07) is 5.86. The monoisotopic (exact) mass is 264 g/mol. The first kappa shape index (κ1) is 15.8. The van der Waals surface area contributed by atoms with E-state index < -0.39 is 0 Å². The van der Waals surface area contributed by atoms with Crippen molar-refractivity contribution in [2.45, 2.75) is 52.0 Å². The molecule has 19 heavy (non-hydrogen) atoms. The minimum atomic E-state index is 0.801. The highest BCUT2D eigenvalue weighted by atomic mass is 16.5. The van der Waals surface area contributed by atoms with Crippen molar-refractivity contribution >= 4 is 5.69 Å². The average Bonchev–Trinajstić information content (AvgIpc) is 2.43. The van der Waals surface area contributed by atoms with Gasteiger partial charge in [0.05, 0.1) is 7.11 Å². The number of nitrogen functional groups attached to an aromatic ring is 1. The van der Waals surface area contributed by atoms with Gasteiger partial charge in [-0.3, -0.25) is 0 Å². The average molecular weight is 264 g/mol. The summed E-state index contributed by atoms with van der Waals surface area (Å²) in [7, 11) is 1.66. The van der Waals surface area contributed by atoms with Crippen LogP contribution in [0.25, 0.3) is 0 Å². The van der Waals surface area contributed by atoms with Gasteiger partial charge in [0, 0.05) is 18.3 Å². The van der Waals surface area contributed by atoms with Gasteiger partial charge in [-0.1, -0.05) is 45.1 Å². The van der Waals surface area contributed by atoms with Gasteiger partial charge in [-0.25, -0.2) is 0 Å². The summed E-state index contributed by atoms with van der Waals surface area (Å²) in [5.41, 5.74) is 7.92. The predicted molar refractivity (Wildman–Crippen MR) is 82.5 cm³/mol. The van der Waals surface area contributed by atoms with Crippen LogP contribution in [0, 0.1) is 0 Å². The van der Waals surface area contributed by atoms with Gasteiger partial charge < -0.3 is 15.8 Å². The van der Waals surface area contributed by atoms with Crippen molar-refractivity contribution in [1.29, 1.82) is 0 Å². The second-order valence-corrected chi connectivity index (χ2v) is 5.01. The van der Waals surface area contributed by atoms with E-state index in [9.17, 15) is 0 Å². The molecular formula is C16H28N2O. The van der Waals surface area contributed by atoms with E-state index in [0.717, 1.165) is 30.1 Å². The van der Waals surface area contributed by atoms with Crippen LogP contribution in [0.1, 0.15) is 51.0 Å². The van der Waals surface area contributed by atoms with Crippen LogP contribution in [-0.2, 0) is 6.54 Å². The Kier molecular flexibility index (Phi) is 8.07. The van der Waals surface area contributed by atoms with Gasteiger partial charge in [-0.2, -0.15) is 0 Å². The lowest BCUT2D eigenvalue weighted by molar-refractivity contribution is 0.415. The Morgan fingerprint density at radius 1 is 1.11 bits per heavy atom. The molecule has 0 heterocycles. The van der Waals surface area contributed by atoms with Crippen LogP contribution >= 0.6 is 0 Å². The van der Waals surface area contributed by atoms with Crippen LogP contribution in [0.4, 0.5) is 5.69 Å². The zero-order chi connectivity index (χ0) is 13.9. The van der Waals surface area contributed by atoms with Crippen molar-refractivity contribution in [3.8, 4) is 5.75 Å². The maximum absolute atomic E-state index is 5.97. The largest absolute Gasteiger partial charge is 0.497 e. The number of anilines is 1. The maximum atomic E-state index is 5.97. The molecule has 0 aliphatic rings.